The molecule has 3 aromatic rings. The molecule has 0 aliphatic carbocycles. The zero-order chi connectivity index (χ0) is 20.9. The molecule has 0 atom stereocenters. The molecule has 2 heterocycles. The average Bonchev–Trinajstić information content (AvgIpc) is 3.03. The Labute approximate surface area is 180 Å². The number of hydrogen-bond acceptors (Lipinski definition) is 5. The van der Waals surface area contributed by atoms with E-state index in [1.807, 2.05) is 42.5 Å². The van der Waals surface area contributed by atoms with Gasteiger partial charge in [-0.2, -0.15) is 0 Å². The number of hydrogen-bond donors (Lipinski definition) is 0. The minimum atomic E-state index is -0.0871. The van der Waals surface area contributed by atoms with Crippen LogP contribution in [0.1, 0.15) is 16.7 Å². The summed E-state index contributed by atoms with van der Waals surface area (Å²) in [5.41, 5.74) is 3.88. The van der Waals surface area contributed by atoms with Gasteiger partial charge in [0.2, 0.25) is 0 Å². The van der Waals surface area contributed by atoms with E-state index in [0.29, 0.717) is 22.4 Å². The Morgan fingerprint density at radius 2 is 1.90 bits per heavy atom. The summed E-state index contributed by atoms with van der Waals surface area (Å²) in [6.45, 7) is 2.53. The molecule has 6 heteroatoms. The van der Waals surface area contributed by atoms with Gasteiger partial charge in [-0.25, -0.2) is 4.99 Å². The zero-order valence-corrected chi connectivity index (χ0v) is 17.6. The molecule has 1 aliphatic heterocycles. The lowest BCUT2D eigenvalue weighted by molar-refractivity contribution is -0.121. The molecule has 30 heavy (non-hydrogen) atoms. The predicted octanol–water partition coefficient (Wildman–Crippen LogP) is 5.20. The van der Waals surface area contributed by atoms with E-state index in [9.17, 15) is 4.79 Å². The number of amides is 1. The second-order valence-corrected chi connectivity index (χ2v) is 7.90. The van der Waals surface area contributed by atoms with Gasteiger partial charge in [-0.1, -0.05) is 48.0 Å². The van der Waals surface area contributed by atoms with Crippen LogP contribution < -0.4 is 4.74 Å². The summed E-state index contributed by atoms with van der Waals surface area (Å²) in [5.74, 6) is 0.648. The van der Waals surface area contributed by atoms with Crippen molar-refractivity contribution in [3.63, 3.8) is 0 Å². The summed E-state index contributed by atoms with van der Waals surface area (Å²) in [6.07, 6.45) is 5.22. The van der Waals surface area contributed by atoms with Gasteiger partial charge < -0.3 is 4.74 Å². The van der Waals surface area contributed by atoms with Crippen molar-refractivity contribution in [3.8, 4) is 5.75 Å². The second-order valence-electron chi connectivity index (χ2n) is 6.89. The largest absolute Gasteiger partial charge is 0.488 e. The Hall–Kier alpha value is -3.38. The minimum absolute atomic E-state index is 0.0871. The Morgan fingerprint density at radius 1 is 1.10 bits per heavy atom. The summed E-state index contributed by atoms with van der Waals surface area (Å²) >= 11 is 1.35. The minimum Gasteiger partial charge on any atom is -0.488 e. The van der Waals surface area contributed by atoms with Gasteiger partial charge in [0.05, 0.1) is 16.8 Å². The SMILES string of the molecule is Cc1ccc(COc2ccccc2/C=C2\SC(=Nc3cccnc3)N(C)C2=O)cc1. The highest BCUT2D eigenvalue weighted by molar-refractivity contribution is 8.18. The van der Waals surface area contributed by atoms with Gasteiger partial charge in [0.25, 0.3) is 5.91 Å². The van der Waals surface area contributed by atoms with Crippen molar-refractivity contribution >= 4 is 34.6 Å². The van der Waals surface area contributed by atoms with Crippen LogP contribution in [0.25, 0.3) is 6.08 Å². The lowest BCUT2D eigenvalue weighted by atomic mass is 10.1. The quantitative estimate of drug-likeness (QED) is 0.537. The number of thioether (sulfide) groups is 1. The summed E-state index contributed by atoms with van der Waals surface area (Å²) in [6, 6.07) is 19.7. The predicted molar refractivity (Wildman–Crippen MR) is 122 cm³/mol. The van der Waals surface area contributed by atoms with Crippen LogP contribution in [0, 0.1) is 6.92 Å². The number of likely N-dealkylation sites (N-methyl/N-ethyl adjacent to an activating group) is 1. The van der Waals surface area contributed by atoms with Gasteiger partial charge in [-0.15, -0.1) is 0 Å². The van der Waals surface area contributed by atoms with Crippen LogP contribution in [0.2, 0.25) is 0 Å². The summed E-state index contributed by atoms with van der Waals surface area (Å²) in [4.78, 5) is 23.5. The normalized spacial score (nSPS) is 16.5. The van der Waals surface area contributed by atoms with Gasteiger partial charge in [0, 0.05) is 18.8 Å². The Kier molecular flexibility index (Phi) is 5.95. The number of benzene rings is 2. The number of carbonyl (C=O) groups is 1. The van der Waals surface area contributed by atoms with E-state index in [1.54, 1.807) is 24.3 Å². The number of ether oxygens (including phenoxy) is 1. The van der Waals surface area contributed by atoms with Crippen LogP contribution in [0.3, 0.4) is 0 Å². The highest BCUT2D eigenvalue weighted by atomic mass is 32.2. The Morgan fingerprint density at radius 3 is 2.67 bits per heavy atom. The lowest BCUT2D eigenvalue weighted by Gasteiger charge is -2.10. The van der Waals surface area contributed by atoms with E-state index in [0.717, 1.165) is 16.9 Å². The molecule has 0 N–H and O–H groups in total. The fourth-order valence-electron chi connectivity index (χ4n) is 2.90. The first-order valence-corrected chi connectivity index (χ1v) is 10.4. The molecule has 150 valence electrons. The monoisotopic (exact) mass is 415 g/mol. The maximum atomic E-state index is 12.7. The third-order valence-electron chi connectivity index (χ3n) is 4.59. The number of amidine groups is 1. The van der Waals surface area contributed by atoms with Crippen molar-refractivity contribution < 1.29 is 9.53 Å². The van der Waals surface area contributed by atoms with Gasteiger partial charge in [0.15, 0.2) is 5.17 Å². The zero-order valence-electron chi connectivity index (χ0n) is 16.8. The Bertz CT molecular complexity index is 1110. The molecule has 5 nitrogen and oxygen atoms in total. The topological polar surface area (TPSA) is 54.8 Å². The molecule has 0 spiro atoms. The molecule has 2 aromatic carbocycles. The number of aromatic nitrogens is 1. The summed E-state index contributed by atoms with van der Waals surface area (Å²) < 4.78 is 6.04. The molecule has 1 aromatic heterocycles. The first-order valence-electron chi connectivity index (χ1n) is 9.54. The molecule has 1 amide bonds. The maximum absolute atomic E-state index is 12.7. The van der Waals surface area contributed by atoms with Crippen molar-refractivity contribution in [2.24, 2.45) is 4.99 Å². The number of rotatable bonds is 5. The average molecular weight is 416 g/mol. The number of nitrogens with zero attached hydrogens (tertiary/aromatic N) is 3. The number of para-hydroxylation sites is 1. The first-order chi connectivity index (χ1) is 14.6. The highest BCUT2D eigenvalue weighted by Crippen LogP contribution is 2.34. The molecule has 0 saturated carbocycles. The number of pyridine rings is 1. The van der Waals surface area contributed by atoms with Crippen molar-refractivity contribution in [3.05, 3.63) is 94.7 Å². The summed E-state index contributed by atoms with van der Waals surface area (Å²) in [5, 5.41) is 0.623. The molecule has 1 fully saturated rings. The Balaban J connectivity index is 1.55. The molecule has 0 bridgehead atoms. The van der Waals surface area contributed by atoms with Crippen molar-refractivity contribution in [1.82, 2.24) is 9.88 Å². The fraction of sp³-hybridized carbons (Fsp3) is 0.125. The summed E-state index contributed by atoms with van der Waals surface area (Å²) in [7, 11) is 1.73. The van der Waals surface area contributed by atoms with Gasteiger partial charge in [-0.3, -0.25) is 14.7 Å². The number of aliphatic imine (C=N–C) groups is 1. The molecule has 0 radical (unpaired) electrons. The van der Waals surface area contributed by atoms with Gasteiger partial charge >= 0.3 is 0 Å². The van der Waals surface area contributed by atoms with E-state index in [-0.39, 0.29) is 5.91 Å². The lowest BCUT2D eigenvalue weighted by Crippen LogP contribution is -2.23. The van der Waals surface area contributed by atoms with E-state index in [4.69, 9.17) is 4.74 Å². The van der Waals surface area contributed by atoms with E-state index in [1.165, 1.54) is 17.3 Å². The smallest absolute Gasteiger partial charge is 0.266 e. The van der Waals surface area contributed by atoms with E-state index >= 15 is 0 Å². The van der Waals surface area contributed by atoms with Crippen molar-refractivity contribution in [2.45, 2.75) is 13.5 Å². The van der Waals surface area contributed by atoms with Crippen LogP contribution >= 0.6 is 11.8 Å². The molecule has 0 unspecified atom stereocenters. The van der Waals surface area contributed by atoms with E-state index < -0.39 is 0 Å². The van der Waals surface area contributed by atoms with E-state index in [2.05, 4.69) is 41.2 Å². The standard InChI is InChI=1S/C24H21N3O2S/c1-17-9-11-18(12-10-17)16-29-21-8-4-3-6-19(21)14-22-23(28)27(2)24(30-22)26-20-7-5-13-25-15-20/h3-15H,16H2,1-2H3/b22-14-,26-24?. The third-order valence-corrected chi connectivity index (χ3v) is 5.65. The third kappa shape index (κ3) is 4.60. The van der Waals surface area contributed by atoms with Crippen molar-refractivity contribution in [1.29, 1.82) is 0 Å². The highest BCUT2D eigenvalue weighted by Gasteiger charge is 2.30. The molecule has 4 rings (SSSR count). The second kappa shape index (κ2) is 8.97. The van der Waals surface area contributed by atoms with Gasteiger partial charge in [-0.05, 0) is 48.5 Å². The molecule has 1 aliphatic rings. The van der Waals surface area contributed by atoms with Crippen molar-refractivity contribution in [2.75, 3.05) is 7.05 Å². The number of carbonyl (C=O) groups excluding carboxylic acids is 1. The van der Waals surface area contributed by atoms with Gasteiger partial charge in [0.1, 0.15) is 12.4 Å². The van der Waals surface area contributed by atoms with Crippen LogP contribution in [0.15, 0.2) is 83.0 Å². The maximum Gasteiger partial charge on any atom is 0.266 e. The number of aryl methyl sites for hydroxylation is 1. The molecular weight excluding hydrogens is 394 g/mol. The first kappa shape index (κ1) is 19.9. The van der Waals surface area contributed by atoms with Crippen LogP contribution in [-0.2, 0) is 11.4 Å². The van der Waals surface area contributed by atoms with Crippen LogP contribution in [-0.4, -0.2) is 28.0 Å². The van der Waals surface area contributed by atoms with Crippen LogP contribution in [0.5, 0.6) is 5.75 Å². The molecule has 1 saturated heterocycles. The molecular formula is C24H21N3O2S. The van der Waals surface area contributed by atoms with Crippen LogP contribution in [0.4, 0.5) is 5.69 Å². The fourth-order valence-corrected chi connectivity index (χ4v) is 3.88.